The Balaban J connectivity index is 2.78. The Hall–Kier alpha value is -1.75. The lowest BCUT2D eigenvalue weighted by molar-refractivity contribution is -0.139. The number of hydrogen-bond donors (Lipinski definition) is 2. The van der Waals surface area contributed by atoms with Crippen molar-refractivity contribution in [2.24, 2.45) is 0 Å². The molecule has 0 heterocycles. The van der Waals surface area contributed by atoms with Crippen molar-refractivity contribution < 1.29 is 14.6 Å². The Morgan fingerprint density at radius 1 is 1.53 bits per heavy atom. The molecule has 0 aromatic heterocycles. The highest BCUT2D eigenvalue weighted by atomic mass is 16.5. The molecule has 1 aromatic rings. The molecule has 0 saturated heterocycles. The summed E-state index contributed by atoms with van der Waals surface area (Å²) < 4.78 is 4.86. The van der Waals surface area contributed by atoms with Crippen LogP contribution in [0.4, 0.5) is 11.4 Å². The second-order valence-corrected chi connectivity index (χ2v) is 3.94. The van der Waals surface area contributed by atoms with E-state index < -0.39 is 12.0 Å². The molecule has 5 nitrogen and oxygen atoms in total. The van der Waals surface area contributed by atoms with Gasteiger partial charge in [-0.3, -0.25) is 0 Å². The number of anilines is 2. The molecule has 2 N–H and O–H groups in total. The minimum absolute atomic E-state index is 0.127. The molecule has 1 aromatic carbocycles. The normalized spacial score (nSPS) is 11.9. The zero-order valence-corrected chi connectivity index (χ0v) is 10.3. The van der Waals surface area contributed by atoms with E-state index in [1.54, 1.807) is 0 Å². The van der Waals surface area contributed by atoms with Crippen LogP contribution in [0.2, 0.25) is 0 Å². The van der Waals surface area contributed by atoms with E-state index in [4.69, 9.17) is 9.84 Å². The lowest BCUT2D eigenvalue weighted by atomic mass is 10.2. The van der Waals surface area contributed by atoms with Crippen LogP contribution in [0.3, 0.4) is 0 Å². The van der Waals surface area contributed by atoms with Crippen molar-refractivity contribution in [2.75, 3.05) is 38.0 Å². The molecule has 0 bridgehead atoms. The molecule has 0 amide bonds. The summed E-state index contributed by atoms with van der Waals surface area (Å²) in [7, 11) is 5.35. The molecule has 0 aliphatic rings. The second-order valence-electron chi connectivity index (χ2n) is 3.94. The third-order valence-corrected chi connectivity index (χ3v) is 2.33. The first-order valence-electron chi connectivity index (χ1n) is 5.30. The molecule has 0 saturated carbocycles. The molecular weight excluding hydrogens is 220 g/mol. The number of carboxylic acid groups (broad SMARTS) is 1. The molecule has 5 heteroatoms. The van der Waals surface area contributed by atoms with E-state index in [9.17, 15) is 4.79 Å². The van der Waals surface area contributed by atoms with E-state index in [0.29, 0.717) is 0 Å². The van der Waals surface area contributed by atoms with Gasteiger partial charge in [-0.2, -0.15) is 0 Å². The van der Waals surface area contributed by atoms with Crippen LogP contribution in [0.15, 0.2) is 24.3 Å². The van der Waals surface area contributed by atoms with Gasteiger partial charge in [0.25, 0.3) is 0 Å². The van der Waals surface area contributed by atoms with Gasteiger partial charge in [0.2, 0.25) is 0 Å². The van der Waals surface area contributed by atoms with Gasteiger partial charge in [-0.25, -0.2) is 4.79 Å². The van der Waals surface area contributed by atoms with Crippen molar-refractivity contribution in [1.29, 1.82) is 0 Å². The summed E-state index contributed by atoms with van der Waals surface area (Å²) in [5.41, 5.74) is 1.78. The minimum atomic E-state index is -0.929. The van der Waals surface area contributed by atoms with Gasteiger partial charge < -0.3 is 20.1 Å². The number of rotatable bonds is 6. The number of carboxylic acids is 1. The average Bonchev–Trinajstić information content (AvgIpc) is 2.28. The number of methoxy groups -OCH3 is 1. The molecule has 94 valence electrons. The van der Waals surface area contributed by atoms with Crippen LogP contribution in [0, 0.1) is 0 Å². The van der Waals surface area contributed by atoms with Crippen LogP contribution in [-0.2, 0) is 9.53 Å². The first-order valence-corrected chi connectivity index (χ1v) is 5.30. The summed E-state index contributed by atoms with van der Waals surface area (Å²) in [4.78, 5) is 12.9. The minimum Gasteiger partial charge on any atom is -0.480 e. The van der Waals surface area contributed by atoms with Gasteiger partial charge in [-0.15, -0.1) is 0 Å². The molecule has 0 aliphatic heterocycles. The maximum absolute atomic E-state index is 11.0. The number of nitrogens with zero attached hydrogens (tertiary/aromatic N) is 1. The highest BCUT2D eigenvalue weighted by Gasteiger charge is 2.16. The van der Waals surface area contributed by atoms with E-state index in [-0.39, 0.29) is 6.61 Å². The van der Waals surface area contributed by atoms with Crippen LogP contribution in [0.25, 0.3) is 0 Å². The molecule has 1 rings (SSSR count). The Labute approximate surface area is 101 Å². The maximum atomic E-state index is 11.0. The topological polar surface area (TPSA) is 61.8 Å². The van der Waals surface area contributed by atoms with Gasteiger partial charge in [0.1, 0.15) is 6.04 Å². The van der Waals surface area contributed by atoms with Crippen LogP contribution in [0.5, 0.6) is 0 Å². The molecule has 0 fully saturated rings. The third kappa shape index (κ3) is 3.96. The maximum Gasteiger partial charge on any atom is 0.328 e. The molecular formula is C12H18N2O3. The predicted molar refractivity (Wildman–Crippen MR) is 67.7 cm³/mol. The fourth-order valence-corrected chi connectivity index (χ4v) is 1.42. The Kier molecular flexibility index (Phi) is 4.78. The first kappa shape index (κ1) is 13.3. The molecule has 0 aliphatic carbocycles. The fraction of sp³-hybridized carbons (Fsp3) is 0.417. The van der Waals surface area contributed by atoms with Crippen molar-refractivity contribution in [3.63, 3.8) is 0 Å². The number of hydrogen-bond acceptors (Lipinski definition) is 4. The zero-order valence-electron chi connectivity index (χ0n) is 10.3. The summed E-state index contributed by atoms with van der Waals surface area (Å²) in [6.45, 7) is 0.127. The summed E-state index contributed by atoms with van der Waals surface area (Å²) in [6.07, 6.45) is 0. The van der Waals surface area contributed by atoms with Crippen LogP contribution < -0.4 is 10.2 Å². The van der Waals surface area contributed by atoms with Gasteiger partial charge in [0.15, 0.2) is 0 Å². The highest BCUT2D eigenvalue weighted by molar-refractivity contribution is 5.78. The molecule has 0 spiro atoms. The van der Waals surface area contributed by atoms with Gasteiger partial charge in [0, 0.05) is 32.6 Å². The standard InChI is InChI=1S/C12H18N2O3/c1-14(2)10-6-4-5-9(7-10)13-11(8-17-3)12(15)16/h4-7,11,13H,8H2,1-3H3,(H,15,16). The van der Waals surface area contributed by atoms with Gasteiger partial charge in [-0.1, -0.05) is 6.07 Å². The SMILES string of the molecule is COCC(Nc1cccc(N(C)C)c1)C(=O)O. The third-order valence-electron chi connectivity index (χ3n) is 2.33. The van der Waals surface area contributed by atoms with Crippen LogP contribution in [-0.4, -0.2) is 44.9 Å². The van der Waals surface area contributed by atoms with Crippen molar-refractivity contribution in [2.45, 2.75) is 6.04 Å². The van der Waals surface area contributed by atoms with Crippen molar-refractivity contribution in [1.82, 2.24) is 0 Å². The molecule has 1 unspecified atom stereocenters. The Morgan fingerprint density at radius 3 is 2.76 bits per heavy atom. The second kappa shape index (κ2) is 6.10. The van der Waals surface area contributed by atoms with Crippen LogP contribution >= 0.6 is 0 Å². The van der Waals surface area contributed by atoms with Crippen molar-refractivity contribution in [3.05, 3.63) is 24.3 Å². The molecule has 17 heavy (non-hydrogen) atoms. The van der Waals surface area contributed by atoms with E-state index >= 15 is 0 Å². The number of nitrogens with one attached hydrogen (secondary N) is 1. The number of ether oxygens (including phenoxy) is 1. The van der Waals surface area contributed by atoms with Gasteiger partial charge in [-0.05, 0) is 18.2 Å². The average molecular weight is 238 g/mol. The monoisotopic (exact) mass is 238 g/mol. The van der Waals surface area contributed by atoms with Crippen molar-refractivity contribution in [3.8, 4) is 0 Å². The van der Waals surface area contributed by atoms with Gasteiger partial charge in [0.05, 0.1) is 6.61 Å². The largest absolute Gasteiger partial charge is 0.480 e. The highest BCUT2D eigenvalue weighted by Crippen LogP contribution is 2.18. The van der Waals surface area contributed by atoms with E-state index in [1.165, 1.54) is 7.11 Å². The smallest absolute Gasteiger partial charge is 0.328 e. The van der Waals surface area contributed by atoms with E-state index in [1.807, 2.05) is 43.3 Å². The van der Waals surface area contributed by atoms with E-state index in [2.05, 4.69) is 5.32 Å². The molecule has 1 atom stereocenters. The first-order chi connectivity index (χ1) is 8.04. The zero-order chi connectivity index (χ0) is 12.8. The predicted octanol–water partition coefficient (Wildman–Crippen LogP) is 1.26. The van der Waals surface area contributed by atoms with Gasteiger partial charge >= 0.3 is 5.97 Å². The Bertz CT molecular complexity index is 380. The van der Waals surface area contributed by atoms with Crippen LogP contribution in [0.1, 0.15) is 0 Å². The quantitative estimate of drug-likeness (QED) is 0.781. The van der Waals surface area contributed by atoms with Crippen molar-refractivity contribution >= 4 is 17.3 Å². The summed E-state index contributed by atoms with van der Waals surface area (Å²) >= 11 is 0. The molecule has 0 radical (unpaired) electrons. The van der Waals surface area contributed by atoms with E-state index in [0.717, 1.165) is 11.4 Å². The summed E-state index contributed by atoms with van der Waals surface area (Å²) in [5, 5.41) is 11.9. The number of benzene rings is 1. The lowest BCUT2D eigenvalue weighted by Gasteiger charge is -2.17. The summed E-state index contributed by atoms with van der Waals surface area (Å²) in [6, 6.07) is 6.82. The number of carbonyl (C=O) groups is 1. The summed E-state index contributed by atoms with van der Waals surface area (Å²) in [5.74, 6) is -0.929. The Morgan fingerprint density at radius 2 is 2.24 bits per heavy atom. The number of aliphatic carboxylic acids is 1. The lowest BCUT2D eigenvalue weighted by Crippen LogP contribution is -2.33. The fourth-order valence-electron chi connectivity index (χ4n) is 1.42.